The SMILES string of the molecule is O=C1C=C[C@H](O)[C@H](/C=C\c2ccccc2)O1. The Morgan fingerprint density at radius 1 is 1.25 bits per heavy atom. The molecule has 3 heteroatoms. The van der Waals surface area contributed by atoms with Crippen LogP contribution < -0.4 is 0 Å². The van der Waals surface area contributed by atoms with Gasteiger partial charge in [-0.25, -0.2) is 4.79 Å². The molecule has 1 aliphatic heterocycles. The van der Waals surface area contributed by atoms with E-state index in [0.717, 1.165) is 5.56 Å². The number of carbonyl (C=O) groups excluding carboxylic acids is 1. The van der Waals surface area contributed by atoms with E-state index >= 15 is 0 Å². The highest BCUT2D eigenvalue weighted by Gasteiger charge is 2.21. The fourth-order valence-electron chi connectivity index (χ4n) is 1.45. The molecule has 1 aliphatic rings. The molecule has 3 nitrogen and oxygen atoms in total. The average molecular weight is 216 g/mol. The van der Waals surface area contributed by atoms with Gasteiger partial charge >= 0.3 is 5.97 Å². The van der Waals surface area contributed by atoms with Crippen molar-refractivity contribution in [2.45, 2.75) is 12.2 Å². The van der Waals surface area contributed by atoms with E-state index in [4.69, 9.17) is 4.74 Å². The standard InChI is InChI=1S/C13H12O3/c14-11-7-9-13(15)16-12(11)8-6-10-4-2-1-3-5-10/h1-9,11-12,14H/b8-6-/t11-,12-/m0/s1. The van der Waals surface area contributed by atoms with Gasteiger partial charge in [0, 0.05) is 6.08 Å². The number of aliphatic hydroxyl groups excluding tert-OH is 1. The molecule has 0 saturated carbocycles. The summed E-state index contributed by atoms with van der Waals surface area (Å²) in [6.45, 7) is 0. The molecule has 82 valence electrons. The van der Waals surface area contributed by atoms with Crippen molar-refractivity contribution in [3.8, 4) is 0 Å². The number of cyclic esters (lactones) is 1. The van der Waals surface area contributed by atoms with Crippen molar-refractivity contribution in [2.24, 2.45) is 0 Å². The molecule has 16 heavy (non-hydrogen) atoms. The van der Waals surface area contributed by atoms with Gasteiger partial charge in [0.05, 0.1) is 0 Å². The van der Waals surface area contributed by atoms with E-state index in [1.54, 1.807) is 6.08 Å². The topological polar surface area (TPSA) is 46.5 Å². The van der Waals surface area contributed by atoms with Gasteiger partial charge in [-0.3, -0.25) is 0 Å². The van der Waals surface area contributed by atoms with Crippen LogP contribution >= 0.6 is 0 Å². The van der Waals surface area contributed by atoms with E-state index in [-0.39, 0.29) is 0 Å². The van der Waals surface area contributed by atoms with Gasteiger partial charge in [0.2, 0.25) is 0 Å². The van der Waals surface area contributed by atoms with Crippen LogP contribution in [-0.2, 0) is 9.53 Å². The maximum absolute atomic E-state index is 11.0. The third-order valence-corrected chi connectivity index (χ3v) is 2.30. The molecule has 0 aliphatic carbocycles. The highest BCUT2D eigenvalue weighted by atomic mass is 16.6. The molecule has 1 heterocycles. The molecule has 0 aromatic heterocycles. The Hall–Kier alpha value is -1.87. The van der Waals surface area contributed by atoms with E-state index < -0.39 is 18.2 Å². The van der Waals surface area contributed by atoms with E-state index in [1.807, 2.05) is 36.4 Å². The van der Waals surface area contributed by atoms with E-state index in [1.165, 1.54) is 12.2 Å². The van der Waals surface area contributed by atoms with Gasteiger partial charge in [0.1, 0.15) is 12.2 Å². The first-order chi connectivity index (χ1) is 7.75. The lowest BCUT2D eigenvalue weighted by Gasteiger charge is -2.20. The van der Waals surface area contributed by atoms with Crippen LogP contribution in [0.2, 0.25) is 0 Å². The van der Waals surface area contributed by atoms with Crippen LogP contribution in [0.15, 0.2) is 48.6 Å². The number of esters is 1. The number of hydrogen-bond acceptors (Lipinski definition) is 3. The second-order valence-corrected chi connectivity index (χ2v) is 3.52. The van der Waals surface area contributed by atoms with Crippen LogP contribution in [0.25, 0.3) is 6.08 Å². The number of rotatable bonds is 2. The largest absolute Gasteiger partial charge is 0.452 e. The predicted octanol–water partition coefficient (Wildman–Crippen LogP) is 1.54. The van der Waals surface area contributed by atoms with Crippen molar-refractivity contribution in [2.75, 3.05) is 0 Å². The summed E-state index contributed by atoms with van der Waals surface area (Å²) in [5.41, 5.74) is 1.00. The highest BCUT2D eigenvalue weighted by molar-refractivity contribution is 5.83. The van der Waals surface area contributed by atoms with Crippen molar-refractivity contribution >= 4 is 12.0 Å². The maximum Gasteiger partial charge on any atom is 0.331 e. The molecule has 2 rings (SSSR count). The van der Waals surface area contributed by atoms with E-state index in [0.29, 0.717) is 0 Å². The molecular formula is C13H12O3. The van der Waals surface area contributed by atoms with Crippen molar-refractivity contribution in [1.29, 1.82) is 0 Å². The zero-order valence-corrected chi connectivity index (χ0v) is 8.61. The Morgan fingerprint density at radius 2 is 2.00 bits per heavy atom. The summed E-state index contributed by atoms with van der Waals surface area (Å²) in [5, 5.41) is 9.55. The minimum atomic E-state index is -0.766. The molecular weight excluding hydrogens is 204 g/mol. The Kier molecular flexibility index (Phi) is 3.17. The average Bonchev–Trinajstić information content (AvgIpc) is 2.32. The van der Waals surface area contributed by atoms with Gasteiger partial charge in [-0.1, -0.05) is 36.4 Å². The Labute approximate surface area is 93.7 Å². The van der Waals surface area contributed by atoms with Crippen LogP contribution in [-0.4, -0.2) is 23.3 Å². The fraction of sp³-hybridized carbons (Fsp3) is 0.154. The van der Waals surface area contributed by atoms with Gasteiger partial charge in [0.15, 0.2) is 0 Å². The molecule has 1 aromatic rings. The first-order valence-corrected chi connectivity index (χ1v) is 5.06. The van der Waals surface area contributed by atoms with Crippen molar-refractivity contribution in [3.63, 3.8) is 0 Å². The number of carbonyl (C=O) groups is 1. The lowest BCUT2D eigenvalue weighted by atomic mass is 10.1. The van der Waals surface area contributed by atoms with E-state index in [9.17, 15) is 9.90 Å². The quantitative estimate of drug-likeness (QED) is 0.763. The number of benzene rings is 1. The smallest absolute Gasteiger partial charge is 0.331 e. The first-order valence-electron chi connectivity index (χ1n) is 5.06. The summed E-state index contributed by atoms with van der Waals surface area (Å²) in [4.78, 5) is 11.0. The third kappa shape index (κ3) is 2.58. The summed E-state index contributed by atoms with van der Waals surface area (Å²) in [6.07, 6.45) is 4.81. The van der Waals surface area contributed by atoms with Gasteiger partial charge in [-0.2, -0.15) is 0 Å². The second kappa shape index (κ2) is 4.77. The lowest BCUT2D eigenvalue weighted by molar-refractivity contribution is -0.146. The third-order valence-electron chi connectivity index (χ3n) is 2.30. The minimum absolute atomic E-state index is 0.423. The number of hydrogen-bond donors (Lipinski definition) is 1. The first kappa shape index (κ1) is 10.6. The zero-order chi connectivity index (χ0) is 11.4. The predicted molar refractivity (Wildman–Crippen MR) is 60.5 cm³/mol. The monoisotopic (exact) mass is 216 g/mol. The van der Waals surface area contributed by atoms with Gasteiger partial charge < -0.3 is 9.84 Å². The van der Waals surface area contributed by atoms with Crippen LogP contribution in [0, 0.1) is 0 Å². The van der Waals surface area contributed by atoms with Crippen molar-refractivity contribution < 1.29 is 14.6 Å². The normalized spacial score (nSPS) is 24.7. The minimum Gasteiger partial charge on any atom is -0.452 e. The highest BCUT2D eigenvalue weighted by Crippen LogP contribution is 2.12. The molecule has 1 N–H and O–H groups in total. The van der Waals surface area contributed by atoms with Crippen LogP contribution in [0.3, 0.4) is 0 Å². The number of ether oxygens (including phenoxy) is 1. The Balaban J connectivity index is 2.07. The van der Waals surface area contributed by atoms with Gasteiger partial charge in [0.25, 0.3) is 0 Å². The van der Waals surface area contributed by atoms with Crippen molar-refractivity contribution in [1.82, 2.24) is 0 Å². The molecule has 0 radical (unpaired) electrons. The summed E-state index contributed by atoms with van der Waals surface area (Å²) >= 11 is 0. The van der Waals surface area contributed by atoms with Crippen molar-refractivity contribution in [3.05, 3.63) is 54.1 Å². The molecule has 0 spiro atoms. The summed E-state index contributed by atoms with van der Waals surface area (Å²) in [6, 6.07) is 9.63. The van der Waals surface area contributed by atoms with Gasteiger partial charge in [-0.15, -0.1) is 0 Å². The molecule has 0 fully saturated rings. The molecule has 0 unspecified atom stereocenters. The Bertz CT molecular complexity index is 420. The maximum atomic E-state index is 11.0. The molecule has 2 atom stereocenters. The van der Waals surface area contributed by atoms with Gasteiger partial charge in [-0.05, 0) is 17.7 Å². The Morgan fingerprint density at radius 3 is 2.75 bits per heavy atom. The number of aliphatic hydroxyl groups is 1. The molecule has 1 aromatic carbocycles. The lowest BCUT2D eigenvalue weighted by Crippen LogP contribution is -2.31. The van der Waals surface area contributed by atoms with E-state index in [2.05, 4.69) is 0 Å². The summed E-state index contributed by atoms with van der Waals surface area (Å²) < 4.78 is 4.96. The second-order valence-electron chi connectivity index (χ2n) is 3.52. The molecule has 0 bridgehead atoms. The summed E-state index contributed by atoms with van der Waals surface area (Å²) in [7, 11) is 0. The summed E-state index contributed by atoms with van der Waals surface area (Å²) in [5.74, 6) is -0.423. The van der Waals surface area contributed by atoms with Crippen LogP contribution in [0.1, 0.15) is 5.56 Å². The molecule has 0 saturated heterocycles. The van der Waals surface area contributed by atoms with Crippen LogP contribution in [0.4, 0.5) is 0 Å². The zero-order valence-electron chi connectivity index (χ0n) is 8.61. The molecule has 0 amide bonds. The fourth-order valence-corrected chi connectivity index (χ4v) is 1.45. The van der Waals surface area contributed by atoms with Crippen LogP contribution in [0.5, 0.6) is 0 Å².